The molecule has 110 valence electrons. The lowest BCUT2D eigenvalue weighted by atomic mass is 9.63. The monoisotopic (exact) mass is 278 g/mol. The van der Waals surface area contributed by atoms with Crippen LogP contribution in [0.3, 0.4) is 0 Å². The predicted octanol–water partition coefficient (Wildman–Crippen LogP) is 2.27. The second-order valence-corrected chi connectivity index (χ2v) is 5.95. The van der Waals surface area contributed by atoms with Gasteiger partial charge < -0.3 is 9.80 Å². The van der Waals surface area contributed by atoms with Crippen molar-refractivity contribution in [3.8, 4) is 0 Å². The lowest BCUT2D eigenvalue weighted by molar-refractivity contribution is -0.139. The number of carbonyl (C=O) groups is 1. The minimum atomic E-state index is -0.633. The first-order chi connectivity index (χ1) is 9.47. The van der Waals surface area contributed by atoms with Crippen molar-refractivity contribution in [2.75, 3.05) is 34.2 Å². The molecule has 0 bridgehead atoms. The Bertz CT molecular complexity index is 483. The highest BCUT2D eigenvalue weighted by Crippen LogP contribution is 2.45. The second kappa shape index (κ2) is 5.92. The Labute approximate surface area is 120 Å². The Kier molecular flexibility index (Phi) is 4.43. The third-order valence-electron chi connectivity index (χ3n) is 4.24. The Morgan fingerprint density at radius 2 is 1.85 bits per heavy atom. The van der Waals surface area contributed by atoms with E-state index in [4.69, 9.17) is 0 Å². The molecular weight excluding hydrogens is 255 g/mol. The van der Waals surface area contributed by atoms with Crippen LogP contribution >= 0.6 is 0 Å². The van der Waals surface area contributed by atoms with E-state index in [1.807, 2.05) is 32.1 Å². The third-order valence-corrected chi connectivity index (χ3v) is 4.24. The van der Waals surface area contributed by atoms with E-state index in [9.17, 15) is 9.18 Å². The van der Waals surface area contributed by atoms with Crippen molar-refractivity contribution in [3.63, 3.8) is 0 Å². The average Bonchev–Trinajstić information content (AvgIpc) is 2.36. The zero-order valence-corrected chi connectivity index (χ0v) is 12.5. The first-order valence-corrected chi connectivity index (χ1v) is 7.13. The van der Waals surface area contributed by atoms with Gasteiger partial charge in [0, 0.05) is 25.7 Å². The number of amides is 1. The highest BCUT2D eigenvalue weighted by molar-refractivity contribution is 5.89. The van der Waals surface area contributed by atoms with E-state index >= 15 is 0 Å². The number of rotatable bonds is 5. The number of nitrogens with zero attached hydrogens (tertiary/aromatic N) is 2. The van der Waals surface area contributed by atoms with Gasteiger partial charge in [0.25, 0.3) is 0 Å². The molecule has 2 rings (SSSR count). The van der Waals surface area contributed by atoms with E-state index in [0.29, 0.717) is 12.1 Å². The summed E-state index contributed by atoms with van der Waals surface area (Å²) in [6.07, 6.45) is 2.49. The van der Waals surface area contributed by atoms with Gasteiger partial charge in [0.15, 0.2) is 0 Å². The van der Waals surface area contributed by atoms with Gasteiger partial charge in [-0.3, -0.25) is 4.79 Å². The number of likely N-dealkylation sites (N-methyl/N-ethyl adjacent to an activating group) is 2. The van der Waals surface area contributed by atoms with Gasteiger partial charge >= 0.3 is 0 Å². The first-order valence-electron chi connectivity index (χ1n) is 7.13. The summed E-state index contributed by atoms with van der Waals surface area (Å²) in [6.45, 7) is 1.48. The summed E-state index contributed by atoms with van der Waals surface area (Å²) in [7, 11) is 5.77. The molecule has 0 saturated heterocycles. The molecule has 0 atom stereocenters. The minimum Gasteiger partial charge on any atom is -0.344 e. The molecule has 0 radical (unpaired) electrons. The van der Waals surface area contributed by atoms with E-state index in [1.165, 1.54) is 6.07 Å². The lowest BCUT2D eigenvalue weighted by Gasteiger charge is -2.43. The molecule has 0 heterocycles. The Morgan fingerprint density at radius 3 is 2.35 bits per heavy atom. The smallest absolute Gasteiger partial charge is 0.233 e. The molecule has 0 unspecified atom stereocenters. The summed E-state index contributed by atoms with van der Waals surface area (Å²) in [6, 6.07) is 6.69. The normalized spacial score (nSPS) is 16.9. The number of halogens is 1. The maximum atomic E-state index is 14.1. The van der Waals surface area contributed by atoms with Crippen molar-refractivity contribution >= 4 is 5.91 Å². The first kappa shape index (κ1) is 15.0. The molecule has 20 heavy (non-hydrogen) atoms. The molecule has 1 saturated carbocycles. The number of hydrogen-bond donors (Lipinski definition) is 0. The lowest BCUT2D eigenvalue weighted by Crippen LogP contribution is -2.51. The standard InChI is InChI=1S/C16H23FN2O/c1-18(2)11-12-19(3)15(20)16(9-6-10-16)13-7-4-5-8-14(13)17/h4-5,7-8H,6,9-12H2,1-3H3. The number of benzene rings is 1. The predicted molar refractivity (Wildman–Crippen MR) is 78.1 cm³/mol. The van der Waals surface area contributed by atoms with Crippen LogP contribution in [0.5, 0.6) is 0 Å². The van der Waals surface area contributed by atoms with Gasteiger partial charge in [0.05, 0.1) is 5.41 Å². The van der Waals surface area contributed by atoms with Crippen LogP contribution in [0, 0.1) is 5.82 Å². The van der Waals surface area contributed by atoms with Gasteiger partial charge in [0.2, 0.25) is 5.91 Å². The van der Waals surface area contributed by atoms with Gasteiger partial charge in [0.1, 0.15) is 5.82 Å². The molecule has 1 aliphatic carbocycles. The number of hydrogen-bond acceptors (Lipinski definition) is 2. The molecule has 0 spiro atoms. The highest BCUT2D eigenvalue weighted by Gasteiger charge is 2.48. The molecule has 1 aromatic rings. The maximum Gasteiger partial charge on any atom is 0.233 e. The molecule has 3 nitrogen and oxygen atoms in total. The van der Waals surface area contributed by atoms with Crippen LogP contribution < -0.4 is 0 Å². The molecule has 4 heteroatoms. The SMILES string of the molecule is CN(C)CCN(C)C(=O)C1(c2ccccc2F)CCC1. The second-order valence-electron chi connectivity index (χ2n) is 5.95. The Morgan fingerprint density at radius 1 is 1.20 bits per heavy atom. The van der Waals surface area contributed by atoms with Gasteiger partial charge in [-0.05, 0) is 33.0 Å². The summed E-state index contributed by atoms with van der Waals surface area (Å²) in [5.74, 6) is -0.211. The highest BCUT2D eigenvalue weighted by atomic mass is 19.1. The third kappa shape index (κ3) is 2.70. The molecule has 1 fully saturated rings. The van der Waals surface area contributed by atoms with Crippen LogP contribution in [0.25, 0.3) is 0 Å². The van der Waals surface area contributed by atoms with Gasteiger partial charge in [-0.2, -0.15) is 0 Å². The van der Waals surface area contributed by atoms with Crippen LogP contribution in [0.1, 0.15) is 24.8 Å². The minimum absolute atomic E-state index is 0.0516. The Hall–Kier alpha value is -1.42. The van der Waals surface area contributed by atoms with E-state index in [0.717, 1.165) is 25.8 Å². The zero-order valence-electron chi connectivity index (χ0n) is 12.5. The summed E-state index contributed by atoms with van der Waals surface area (Å²) < 4.78 is 14.1. The maximum absolute atomic E-state index is 14.1. The van der Waals surface area contributed by atoms with Crippen molar-refractivity contribution < 1.29 is 9.18 Å². The fraction of sp³-hybridized carbons (Fsp3) is 0.562. The molecule has 1 amide bonds. The molecule has 1 aromatic carbocycles. The fourth-order valence-corrected chi connectivity index (χ4v) is 2.79. The quantitative estimate of drug-likeness (QED) is 0.825. The van der Waals surface area contributed by atoms with Crippen molar-refractivity contribution in [2.24, 2.45) is 0 Å². The zero-order chi connectivity index (χ0) is 14.8. The van der Waals surface area contributed by atoms with Crippen molar-refractivity contribution in [1.29, 1.82) is 0 Å². The summed E-state index contributed by atoms with van der Waals surface area (Å²) in [4.78, 5) is 16.5. The van der Waals surface area contributed by atoms with Crippen molar-refractivity contribution in [1.82, 2.24) is 9.80 Å². The molecular formula is C16H23FN2O. The van der Waals surface area contributed by atoms with Crippen LogP contribution in [0.15, 0.2) is 24.3 Å². The van der Waals surface area contributed by atoms with E-state index in [1.54, 1.807) is 17.0 Å². The molecule has 0 N–H and O–H groups in total. The van der Waals surface area contributed by atoms with Gasteiger partial charge in [-0.25, -0.2) is 4.39 Å². The van der Waals surface area contributed by atoms with E-state index in [-0.39, 0.29) is 11.7 Å². The molecule has 1 aliphatic rings. The van der Waals surface area contributed by atoms with Crippen LogP contribution in [-0.2, 0) is 10.2 Å². The van der Waals surface area contributed by atoms with Crippen LogP contribution in [0.2, 0.25) is 0 Å². The summed E-state index contributed by atoms with van der Waals surface area (Å²) in [5.41, 5.74) is -0.0696. The summed E-state index contributed by atoms with van der Waals surface area (Å²) >= 11 is 0. The number of carbonyl (C=O) groups excluding carboxylic acids is 1. The summed E-state index contributed by atoms with van der Waals surface area (Å²) in [5, 5.41) is 0. The topological polar surface area (TPSA) is 23.6 Å². The fourth-order valence-electron chi connectivity index (χ4n) is 2.79. The molecule has 0 aromatic heterocycles. The van der Waals surface area contributed by atoms with Crippen LogP contribution in [0.4, 0.5) is 4.39 Å². The molecule has 0 aliphatic heterocycles. The average molecular weight is 278 g/mol. The largest absolute Gasteiger partial charge is 0.344 e. The van der Waals surface area contributed by atoms with Crippen molar-refractivity contribution in [3.05, 3.63) is 35.6 Å². The van der Waals surface area contributed by atoms with Gasteiger partial charge in [-0.15, -0.1) is 0 Å². The van der Waals surface area contributed by atoms with Crippen LogP contribution in [-0.4, -0.2) is 49.9 Å². The van der Waals surface area contributed by atoms with E-state index < -0.39 is 5.41 Å². The Balaban J connectivity index is 2.19. The van der Waals surface area contributed by atoms with Crippen molar-refractivity contribution in [2.45, 2.75) is 24.7 Å². The van der Waals surface area contributed by atoms with Gasteiger partial charge in [-0.1, -0.05) is 24.6 Å². The van der Waals surface area contributed by atoms with E-state index in [2.05, 4.69) is 0 Å².